The molecule has 2 heterocycles. The Morgan fingerprint density at radius 3 is 2.45 bits per heavy atom. The van der Waals surface area contributed by atoms with Crippen molar-refractivity contribution in [2.24, 2.45) is 11.8 Å². The number of hydrogen-bond acceptors (Lipinski definition) is 4. The summed E-state index contributed by atoms with van der Waals surface area (Å²) in [5.74, 6) is 0.0593. The molecule has 29 heavy (non-hydrogen) atoms. The molecule has 1 aliphatic carbocycles. The van der Waals surface area contributed by atoms with Crippen LogP contribution >= 0.6 is 11.8 Å². The van der Waals surface area contributed by atoms with E-state index >= 15 is 0 Å². The van der Waals surface area contributed by atoms with Crippen molar-refractivity contribution >= 4 is 23.1 Å². The van der Waals surface area contributed by atoms with Gasteiger partial charge < -0.3 is 9.84 Å². The van der Waals surface area contributed by atoms with Crippen molar-refractivity contribution in [2.75, 3.05) is 6.26 Å². The highest BCUT2D eigenvalue weighted by Crippen LogP contribution is 2.58. The summed E-state index contributed by atoms with van der Waals surface area (Å²) in [7, 11) is 0. The van der Waals surface area contributed by atoms with Crippen molar-refractivity contribution in [3.8, 4) is 0 Å². The van der Waals surface area contributed by atoms with Crippen molar-refractivity contribution in [2.45, 2.75) is 50.2 Å². The number of carbonyl (C=O) groups is 1. The highest BCUT2D eigenvalue weighted by atomic mass is 32.2. The minimum absolute atomic E-state index is 0.0617. The molecule has 2 saturated heterocycles. The first-order valence-corrected chi connectivity index (χ1v) is 11.5. The van der Waals surface area contributed by atoms with Crippen molar-refractivity contribution in [3.05, 3.63) is 70.0 Å². The third-order valence-corrected chi connectivity index (χ3v) is 7.75. The molecule has 5 atom stereocenters. The average Bonchev–Trinajstić information content (AvgIpc) is 3.34. The van der Waals surface area contributed by atoms with Gasteiger partial charge in [0.1, 0.15) is 5.76 Å². The summed E-state index contributed by atoms with van der Waals surface area (Å²) < 4.78 is 6.29. The van der Waals surface area contributed by atoms with Crippen LogP contribution in [0.25, 0.3) is 5.57 Å². The van der Waals surface area contributed by atoms with Crippen LogP contribution in [0.5, 0.6) is 0 Å². The molecule has 0 spiro atoms. The highest BCUT2D eigenvalue weighted by Gasteiger charge is 2.62. The number of hydrogen-bond donors (Lipinski definition) is 1. The van der Waals surface area contributed by atoms with Crippen LogP contribution in [0.1, 0.15) is 40.2 Å². The number of allylic oxidation sites excluding steroid dienone is 1. The van der Waals surface area contributed by atoms with Crippen molar-refractivity contribution in [1.82, 2.24) is 0 Å². The maximum Gasteiger partial charge on any atom is 0.173 e. The molecule has 3 aliphatic rings. The molecular weight excluding hydrogens is 380 g/mol. The molecule has 0 saturated carbocycles. The smallest absolute Gasteiger partial charge is 0.173 e. The van der Waals surface area contributed by atoms with Crippen LogP contribution in [0.3, 0.4) is 0 Å². The first-order chi connectivity index (χ1) is 13.9. The van der Waals surface area contributed by atoms with Crippen LogP contribution < -0.4 is 0 Å². The lowest BCUT2D eigenvalue weighted by Gasteiger charge is -2.28. The van der Waals surface area contributed by atoms with Gasteiger partial charge in [-0.15, -0.1) is 11.8 Å². The Kier molecular flexibility index (Phi) is 4.41. The van der Waals surface area contributed by atoms with E-state index in [1.54, 1.807) is 11.8 Å². The van der Waals surface area contributed by atoms with E-state index in [9.17, 15) is 9.90 Å². The summed E-state index contributed by atoms with van der Waals surface area (Å²) in [6.45, 7) is 6.12. The van der Waals surface area contributed by atoms with Gasteiger partial charge in [0.25, 0.3) is 0 Å². The zero-order valence-corrected chi connectivity index (χ0v) is 18.0. The summed E-state index contributed by atoms with van der Waals surface area (Å²) in [5, 5.41) is 11.3. The molecule has 0 radical (unpaired) electrons. The molecule has 5 rings (SSSR count). The number of ketones is 1. The molecule has 2 fully saturated rings. The molecule has 2 bridgehead atoms. The second kappa shape index (κ2) is 6.75. The van der Waals surface area contributed by atoms with Gasteiger partial charge in [0.2, 0.25) is 0 Å². The van der Waals surface area contributed by atoms with E-state index in [-0.39, 0.29) is 41.5 Å². The van der Waals surface area contributed by atoms with Gasteiger partial charge in [-0.05, 0) is 61.8 Å². The standard InChI is InChI=1S/C25H26O3S/c1-12-9-13(2)19(14(3)10-12)21-23(26)20-17-11-16(25(28-17)22(20)24(21)27)15-7-5-6-8-18(15)29-4/h5-10,16-17,20,22,25,27H,11H2,1-4H3/t16-,17-,20-,22+,25-/m0/s1. The SMILES string of the molecule is CSc1ccccc1[C@@H]1C[C@@H]2O[C@@H]1[C@H]1C(O)=C(c3c(C)cc(C)cc3C)C(=O)[C@H]12. The molecular formula is C25H26O3S. The van der Waals surface area contributed by atoms with E-state index in [4.69, 9.17) is 4.74 Å². The topological polar surface area (TPSA) is 46.5 Å². The molecule has 2 aromatic carbocycles. The van der Waals surface area contributed by atoms with Gasteiger partial charge in [-0.3, -0.25) is 4.79 Å². The maximum absolute atomic E-state index is 13.4. The maximum atomic E-state index is 13.4. The lowest BCUT2D eigenvalue weighted by atomic mass is 9.72. The number of aliphatic hydroxyl groups excluding tert-OH is 1. The Morgan fingerprint density at radius 1 is 1.07 bits per heavy atom. The minimum Gasteiger partial charge on any atom is -0.511 e. The predicted molar refractivity (Wildman–Crippen MR) is 116 cm³/mol. The van der Waals surface area contributed by atoms with Gasteiger partial charge in [0.15, 0.2) is 5.78 Å². The molecule has 0 amide bonds. The zero-order valence-electron chi connectivity index (χ0n) is 17.2. The monoisotopic (exact) mass is 406 g/mol. The highest BCUT2D eigenvalue weighted by molar-refractivity contribution is 7.98. The lowest BCUT2D eigenvalue weighted by molar-refractivity contribution is -0.118. The fourth-order valence-electron chi connectivity index (χ4n) is 5.96. The summed E-state index contributed by atoms with van der Waals surface area (Å²) in [6, 6.07) is 12.6. The van der Waals surface area contributed by atoms with Crippen LogP contribution in [-0.2, 0) is 9.53 Å². The van der Waals surface area contributed by atoms with E-state index < -0.39 is 0 Å². The van der Waals surface area contributed by atoms with Gasteiger partial charge in [0.05, 0.1) is 29.6 Å². The number of ether oxygens (including phenoxy) is 1. The van der Waals surface area contributed by atoms with Gasteiger partial charge in [-0.2, -0.15) is 0 Å². The van der Waals surface area contributed by atoms with E-state index in [0.717, 1.165) is 23.1 Å². The Labute approximate surface area is 176 Å². The normalized spacial score (nSPS) is 30.3. The molecule has 150 valence electrons. The molecule has 0 aromatic heterocycles. The average molecular weight is 407 g/mol. The van der Waals surface area contributed by atoms with Gasteiger partial charge in [0, 0.05) is 10.8 Å². The van der Waals surface area contributed by atoms with E-state index in [1.165, 1.54) is 16.0 Å². The molecule has 0 unspecified atom stereocenters. The van der Waals surface area contributed by atoms with Gasteiger partial charge >= 0.3 is 0 Å². The van der Waals surface area contributed by atoms with E-state index in [1.807, 2.05) is 13.8 Å². The van der Waals surface area contributed by atoms with Crippen molar-refractivity contribution < 1.29 is 14.6 Å². The number of Topliss-reactive ketones (excluding diaryl/α,β-unsaturated/α-hetero) is 1. The zero-order chi connectivity index (χ0) is 20.4. The Morgan fingerprint density at radius 2 is 1.76 bits per heavy atom. The van der Waals surface area contributed by atoms with Crippen molar-refractivity contribution in [1.29, 1.82) is 0 Å². The number of carbonyl (C=O) groups excluding carboxylic acids is 1. The fraction of sp³-hybridized carbons (Fsp3) is 0.400. The summed E-state index contributed by atoms with van der Waals surface area (Å²) in [5.41, 5.74) is 6.00. The summed E-state index contributed by atoms with van der Waals surface area (Å²) in [6.07, 6.45) is 2.70. The number of thioether (sulfide) groups is 1. The molecule has 2 aromatic rings. The number of rotatable bonds is 3. The van der Waals surface area contributed by atoms with Gasteiger partial charge in [-0.25, -0.2) is 0 Å². The Bertz CT molecular complexity index is 1030. The lowest BCUT2D eigenvalue weighted by Crippen LogP contribution is -2.33. The second-order valence-electron chi connectivity index (χ2n) is 8.67. The third kappa shape index (κ3) is 2.65. The number of benzene rings is 2. The number of aryl methyl sites for hydroxylation is 3. The minimum atomic E-state index is -0.243. The second-order valence-corrected chi connectivity index (χ2v) is 9.52. The largest absolute Gasteiger partial charge is 0.511 e. The van der Waals surface area contributed by atoms with Crippen LogP contribution in [0, 0.1) is 32.6 Å². The Hall–Kier alpha value is -2.04. The fourth-order valence-corrected chi connectivity index (χ4v) is 6.63. The van der Waals surface area contributed by atoms with E-state index in [0.29, 0.717) is 5.57 Å². The van der Waals surface area contributed by atoms with Crippen molar-refractivity contribution in [3.63, 3.8) is 0 Å². The van der Waals surface area contributed by atoms with E-state index in [2.05, 4.69) is 49.6 Å². The summed E-state index contributed by atoms with van der Waals surface area (Å²) in [4.78, 5) is 14.7. The van der Waals surface area contributed by atoms with Crippen LogP contribution in [0.15, 0.2) is 47.1 Å². The third-order valence-electron chi connectivity index (χ3n) is 6.94. The molecule has 3 nitrogen and oxygen atoms in total. The number of fused-ring (bicyclic) bond motifs is 5. The first-order valence-electron chi connectivity index (χ1n) is 10.3. The summed E-state index contributed by atoms with van der Waals surface area (Å²) >= 11 is 1.74. The Balaban J connectivity index is 1.58. The predicted octanol–water partition coefficient (Wildman–Crippen LogP) is 5.37. The van der Waals surface area contributed by atoms with Crippen LogP contribution in [0.4, 0.5) is 0 Å². The molecule has 4 heteroatoms. The molecule has 1 N–H and O–H groups in total. The first kappa shape index (κ1) is 19.0. The number of aliphatic hydroxyl groups is 1. The van der Waals surface area contributed by atoms with Crippen LogP contribution in [0.2, 0.25) is 0 Å². The molecule has 2 aliphatic heterocycles. The van der Waals surface area contributed by atoms with Gasteiger partial charge in [-0.1, -0.05) is 35.9 Å². The quantitative estimate of drug-likeness (QED) is 0.696. The van der Waals surface area contributed by atoms with Crippen LogP contribution in [-0.4, -0.2) is 29.4 Å².